The minimum atomic E-state index is -0.338. The summed E-state index contributed by atoms with van der Waals surface area (Å²) < 4.78 is 5.47. The van der Waals surface area contributed by atoms with E-state index in [1.54, 1.807) is 0 Å². The SMILES string of the molecule is C[C@@H](Sc1nc(CN2CCOCC2)nc2ccccc12)C(=O)NC(c1ccccc1)c1ccccc1. The second-order valence-corrected chi connectivity index (χ2v) is 10.2. The molecule has 0 saturated carbocycles. The van der Waals surface area contributed by atoms with Crippen LogP contribution in [0.25, 0.3) is 10.9 Å². The van der Waals surface area contributed by atoms with E-state index in [9.17, 15) is 4.79 Å². The third kappa shape index (κ3) is 5.93. The van der Waals surface area contributed by atoms with E-state index in [0.29, 0.717) is 6.54 Å². The molecule has 5 rings (SSSR count). The summed E-state index contributed by atoms with van der Waals surface area (Å²) >= 11 is 1.48. The fraction of sp³-hybridized carbons (Fsp3) is 0.276. The van der Waals surface area contributed by atoms with Crippen molar-refractivity contribution in [1.82, 2.24) is 20.2 Å². The molecule has 1 saturated heterocycles. The first-order valence-electron chi connectivity index (χ1n) is 12.3. The first-order chi connectivity index (χ1) is 17.7. The van der Waals surface area contributed by atoms with E-state index in [-0.39, 0.29) is 17.2 Å². The van der Waals surface area contributed by atoms with E-state index in [1.807, 2.05) is 91.9 Å². The molecule has 7 heteroatoms. The number of hydrogen-bond acceptors (Lipinski definition) is 6. The number of ether oxygens (including phenoxy) is 1. The van der Waals surface area contributed by atoms with E-state index in [1.165, 1.54) is 11.8 Å². The Hall–Kier alpha value is -3.26. The van der Waals surface area contributed by atoms with Gasteiger partial charge in [0.2, 0.25) is 5.91 Å². The van der Waals surface area contributed by atoms with Crippen LogP contribution in [0.2, 0.25) is 0 Å². The first-order valence-corrected chi connectivity index (χ1v) is 13.2. The molecular weight excluding hydrogens is 468 g/mol. The van der Waals surface area contributed by atoms with Crippen LogP contribution in [-0.4, -0.2) is 52.3 Å². The van der Waals surface area contributed by atoms with Crippen molar-refractivity contribution in [3.8, 4) is 0 Å². The van der Waals surface area contributed by atoms with Crippen molar-refractivity contribution in [2.75, 3.05) is 26.3 Å². The van der Waals surface area contributed by atoms with Gasteiger partial charge in [-0.1, -0.05) is 90.6 Å². The zero-order chi connectivity index (χ0) is 24.7. The summed E-state index contributed by atoms with van der Waals surface area (Å²) in [5.41, 5.74) is 3.00. The van der Waals surface area contributed by atoms with Gasteiger partial charge in [-0.15, -0.1) is 0 Å². The molecule has 0 spiro atoms. The predicted octanol–water partition coefficient (Wildman–Crippen LogP) is 4.85. The molecule has 4 aromatic rings. The minimum Gasteiger partial charge on any atom is -0.379 e. The highest BCUT2D eigenvalue weighted by Crippen LogP contribution is 2.30. The van der Waals surface area contributed by atoms with Gasteiger partial charge in [0.05, 0.1) is 36.6 Å². The van der Waals surface area contributed by atoms with Crippen LogP contribution in [0.3, 0.4) is 0 Å². The highest BCUT2D eigenvalue weighted by Gasteiger charge is 2.23. The fourth-order valence-electron chi connectivity index (χ4n) is 4.34. The number of fused-ring (bicyclic) bond motifs is 1. The van der Waals surface area contributed by atoms with Crippen LogP contribution >= 0.6 is 11.8 Å². The quantitative estimate of drug-likeness (QED) is 0.277. The maximum atomic E-state index is 13.4. The number of hydrogen-bond donors (Lipinski definition) is 1. The van der Waals surface area contributed by atoms with Crippen LogP contribution in [0.15, 0.2) is 90.0 Å². The van der Waals surface area contributed by atoms with Crippen LogP contribution in [0.5, 0.6) is 0 Å². The van der Waals surface area contributed by atoms with Gasteiger partial charge in [-0.2, -0.15) is 0 Å². The summed E-state index contributed by atoms with van der Waals surface area (Å²) in [6.45, 7) is 5.82. The molecule has 1 amide bonds. The maximum absolute atomic E-state index is 13.4. The summed E-state index contributed by atoms with van der Waals surface area (Å²) in [7, 11) is 0. The molecule has 6 nitrogen and oxygen atoms in total. The number of aromatic nitrogens is 2. The molecule has 1 aliphatic rings. The lowest BCUT2D eigenvalue weighted by Gasteiger charge is -2.26. The van der Waals surface area contributed by atoms with Gasteiger partial charge < -0.3 is 10.1 Å². The largest absolute Gasteiger partial charge is 0.379 e. The molecule has 0 radical (unpaired) electrons. The summed E-state index contributed by atoms with van der Waals surface area (Å²) in [5.74, 6) is 0.743. The van der Waals surface area contributed by atoms with Gasteiger partial charge in [0.25, 0.3) is 0 Å². The summed E-state index contributed by atoms with van der Waals surface area (Å²) in [4.78, 5) is 25.5. The minimum absolute atomic E-state index is 0.0323. The number of rotatable bonds is 8. The maximum Gasteiger partial charge on any atom is 0.234 e. The fourth-order valence-corrected chi connectivity index (χ4v) is 5.31. The molecule has 1 N–H and O–H groups in total. The average Bonchev–Trinajstić information content (AvgIpc) is 2.93. The number of nitrogens with one attached hydrogen (secondary N) is 1. The van der Waals surface area contributed by atoms with Crippen molar-refractivity contribution in [2.45, 2.75) is 29.8 Å². The Balaban J connectivity index is 1.37. The Morgan fingerprint density at radius 2 is 1.53 bits per heavy atom. The van der Waals surface area contributed by atoms with E-state index in [4.69, 9.17) is 14.7 Å². The molecule has 1 aromatic heterocycles. The smallest absolute Gasteiger partial charge is 0.234 e. The van der Waals surface area contributed by atoms with E-state index in [0.717, 1.165) is 59.2 Å². The molecular formula is C29H30N4O2S. The second kappa shape index (κ2) is 11.6. The Morgan fingerprint density at radius 1 is 0.917 bits per heavy atom. The Morgan fingerprint density at radius 3 is 2.19 bits per heavy atom. The molecule has 0 bridgehead atoms. The average molecular weight is 499 g/mol. The van der Waals surface area contributed by atoms with Crippen LogP contribution in [-0.2, 0) is 16.1 Å². The van der Waals surface area contributed by atoms with Crippen molar-refractivity contribution in [1.29, 1.82) is 0 Å². The van der Waals surface area contributed by atoms with Gasteiger partial charge in [-0.25, -0.2) is 9.97 Å². The molecule has 184 valence electrons. The normalized spacial score (nSPS) is 15.2. The number of para-hydroxylation sites is 1. The van der Waals surface area contributed by atoms with Gasteiger partial charge in [0, 0.05) is 18.5 Å². The number of carbonyl (C=O) groups is 1. The number of morpholine rings is 1. The van der Waals surface area contributed by atoms with Crippen molar-refractivity contribution in [2.24, 2.45) is 0 Å². The Labute approximate surface area is 216 Å². The molecule has 0 aliphatic carbocycles. The lowest BCUT2D eigenvalue weighted by Crippen LogP contribution is -2.36. The topological polar surface area (TPSA) is 67.3 Å². The number of amides is 1. The van der Waals surface area contributed by atoms with Crippen LogP contribution in [0.1, 0.15) is 29.9 Å². The summed E-state index contributed by atoms with van der Waals surface area (Å²) in [6.07, 6.45) is 0. The third-order valence-corrected chi connectivity index (χ3v) is 7.40. The lowest BCUT2D eigenvalue weighted by atomic mass is 9.98. The summed E-state index contributed by atoms with van der Waals surface area (Å²) in [6, 6.07) is 27.9. The first kappa shape index (κ1) is 24.4. The number of benzene rings is 3. The standard InChI is InChI=1S/C29H30N4O2S/c1-21(28(34)32-27(22-10-4-2-5-11-22)23-12-6-3-7-13-23)36-29-24-14-8-9-15-25(24)30-26(31-29)20-33-16-18-35-19-17-33/h2-15,21,27H,16-20H2,1H3,(H,32,34)/t21-/m1/s1. The molecule has 1 aliphatic heterocycles. The highest BCUT2D eigenvalue weighted by atomic mass is 32.2. The lowest BCUT2D eigenvalue weighted by molar-refractivity contribution is -0.120. The van der Waals surface area contributed by atoms with Crippen LogP contribution in [0.4, 0.5) is 0 Å². The number of nitrogens with zero attached hydrogens (tertiary/aromatic N) is 3. The molecule has 0 unspecified atom stereocenters. The summed E-state index contributed by atoms with van der Waals surface area (Å²) in [5, 5.41) is 4.74. The molecule has 2 heterocycles. The molecule has 3 aromatic carbocycles. The van der Waals surface area contributed by atoms with Crippen molar-refractivity contribution >= 4 is 28.6 Å². The number of carbonyl (C=O) groups excluding carboxylic acids is 1. The second-order valence-electron chi connectivity index (χ2n) is 8.87. The zero-order valence-electron chi connectivity index (χ0n) is 20.3. The monoisotopic (exact) mass is 498 g/mol. The van der Waals surface area contributed by atoms with E-state index < -0.39 is 0 Å². The van der Waals surface area contributed by atoms with Crippen molar-refractivity contribution < 1.29 is 9.53 Å². The van der Waals surface area contributed by atoms with Crippen molar-refractivity contribution in [3.63, 3.8) is 0 Å². The van der Waals surface area contributed by atoms with Gasteiger partial charge in [-0.05, 0) is 24.1 Å². The van der Waals surface area contributed by atoms with Gasteiger partial charge in [0.1, 0.15) is 10.9 Å². The van der Waals surface area contributed by atoms with Crippen LogP contribution < -0.4 is 5.32 Å². The third-order valence-electron chi connectivity index (χ3n) is 6.29. The molecule has 36 heavy (non-hydrogen) atoms. The van der Waals surface area contributed by atoms with Gasteiger partial charge >= 0.3 is 0 Å². The Bertz CT molecular complexity index is 1260. The highest BCUT2D eigenvalue weighted by molar-refractivity contribution is 8.00. The van der Waals surface area contributed by atoms with E-state index in [2.05, 4.69) is 10.2 Å². The molecule has 1 atom stereocenters. The van der Waals surface area contributed by atoms with Crippen LogP contribution in [0, 0.1) is 0 Å². The zero-order valence-corrected chi connectivity index (χ0v) is 21.2. The van der Waals surface area contributed by atoms with Gasteiger partial charge in [-0.3, -0.25) is 9.69 Å². The Kier molecular flexibility index (Phi) is 7.91. The predicted molar refractivity (Wildman–Crippen MR) is 144 cm³/mol. The van der Waals surface area contributed by atoms with E-state index >= 15 is 0 Å². The van der Waals surface area contributed by atoms with Gasteiger partial charge in [0.15, 0.2) is 0 Å². The molecule has 1 fully saturated rings. The van der Waals surface area contributed by atoms with Crippen molar-refractivity contribution in [3.05, 3.63) is 102 Å². The number of thioether (sulfide) groups is 1.